The minimum absolute atomic E-state index is 0.0986. The Morgan fingerprint density at radius 2 is 1.58 bits per heavy atom. The van der Waals surface area contributed by atoms with Gasteiger partial charge in [-0.15, -0.1) is 0 Å². The van der Waals surface area contributed by atoms with Gasteiger partial charge in [-0.05, 0) is 46.8 Å². The summed E-state index contributed by atoms with van der Waals surface area (Å²) in [6.07, 6.45) is 0.0986. The van der Waals surface area contributed by atoms with Crippen molar-refractivity contribution in [3.63, 3.8) is 0 Å². The number of hydrogen-bond donors (Lipinski definition) is 0. The number of rotatable bonds is 7. The molecule has 1 aliphatic heterocycles. The van der Waals surface area contributed by atoms with Gasteiger partial charge in [0.25, 0.3) is 0 Å². The van der Waals surface area contributed by atoms with E-state index in [0.29, 0.717) is 18.1 Å². The van der Waals surface area contributed by atoms with Gasteiger partial charge in [0.05, 0.1) is 38.4 Å². The lowest BCUT2D eigenvalue weighted by molar-refractivity contribution is -0.143. The SMILES string of the molecule is CCOC(=O)CC(B1OC(C)(C)C(C)(C)O1)c1c(OC)cccc1OC. The van der Waals surface area contributed by atoms with Gasteiger partial charge in [0, 0.05) is 11.4 Å². The largest absolute Gasteiger partial charge is 0.496 e. The molecular formula is C19H29BO6. The van der Waals surface area contributed by atoms with Crippen molar-refractivity contribution >= 4 is 13.1 Å². The highest BCUT2D eigenvalue weighted by molar-refractivity contribution is 6.48. The predicted molar refractivity (Wildman–Crippen MR) is 99.6 cm³/mol. The molecule has 1 saturated heterocycles. The third-order valence-electron chi connectivity index (χ3n) is 5.13. The van der Waals surface area contributed by atoms with Crippen molar-refractivity contribution in [1.29, 1.82) is 0 Å². The summed E-state index contributed by atoms with van der Waals surface area (Å²) >= 11 is 0. The summed E-state index contributed by atoms with van der Waals surface area (Å²) in [4.78, 5) is 12.3. The quantitative estimate of drug-likeness (QED) is 0.546. The minimum Gasteiger partial charge on any atom is -0.496 e. The van der Waals surface area contributed by atoms with Crippen molar-refractivity contribution < 1.29 is 28.3 Å². The Bertz CT molecular complexity index is 605. The summed E-state index contributed by atoms with van der Waals surface area (Å²) in [7, 11) is 2.54. The van der Waals surface area contributed by atoms with Crippen LogP contribution in [0.3, 0.4) is 0 Å². The van der Waals surface area contributed by atoms with Crippen LogP contribution in [0.2, 0.25) is 0 Å². The Balaban J connectivity index is 2.48. The fourth-order valence-corrected chi connectivity index (χ4v) is 3.03. The Hall–Kier alpha value is -1.73. The normalized spacial score (nSPS) is 19.1. The molecule has 7 heteroatoms. The number of hydrogen-bond acceptors (Lipinski definition) is 6. The summed E-state index contributed by atoms with van der Waals surface area (Å²) in [6.45, 7) is 10.0. The highest BCUT2D eigenvalue weighted by Gasteiger charge is 2.55. The molecule has 2 rings (SSSR count). The summed E-state index contributed by atoms with van der Waals surface area (Å²) in [5.41, 5.74) is -0.288. The van der Waals surface area contributed by atoms with Crippen LogP contribution in [0.1, 0.15) is 52.4 Å². The zero-order valence-corrected chi connectivity index (χ0v) is 16.8. The molecule has 1 unspecified atom stereocenters. The van der Waals surface area contributed by atoms with Gasteiger partial charge in [-0.1, -0.05) is 6.07 Å². The molecular weight excluding hydrogens is 335 g/mol. The van der Waals surface area contributed by atoms with Crippen LogP contribution in [-0.4, -0.2) is 45.1 Å². The maximum Gasteiger partial charge on any atom is 0.466 e. The zero-order valence-electron chi connectivity index (χ0n) is 16.8. The molecule has 1 aromatic rings. The number of benzene rings is 1. The van der Waals surface area contributed by atoms with E-state index < -0.39 is 24.1 Å². The zero-order chi connectivity index (χ0) is 19.5. The van der Waals surface area contributed by atoms with Gasteiger partial charge in [0.15, 0.2) is 0 Å². The molecule has 0 saturated carbocycles. The number of ether oxygens (including phenoxy) is 3. The number of carbonyl (C=O) groups excluding carboxylic acids is 1. The van der Waals surface area contributed by atoms with Gasteiger partial charge >= 0.3 is 13.1 Å². The van der Waals surface area contributed by atoms with Gasteiger partial charge in [-0.25, -0.2) is 0 Å². The third-order valence-corrected chi connectivity index (χ3v) is 5.13. The maximum atomic E-state index is 12.3. The Kier molecular flexibility index (Phi) is 6.24. The molecule has 0 N–H and O–H groups in total. The molecule has 1 heterocycles. The fraction of sp³-hybridized carbons (Fsp3) is 0.632. The molecule has 6 nitrogen and oxygen atoms in total. The van der Waals surface area contributed by atoms with Gasteiger partial charge in [0.1, 0.15) is 11.5 Å². The number of methoxy groups -OCH3 is 2. The van der Waals surface area contributed by atoms with Crippen molar-refractivity contribution in [3.05, 3.63) is 23.8 Å². The third kappa shape index (κ3) is 3.99. The van der Waals surface area contributed by atoms with E-state index in [1.54, 1.807) is 21.1 Å². The number of esters is 1. The molecule has 1 aromatic carbocycles. The monoisotopic (exact) mass is 364 g/mol. The van der Waals surface area contributed by atoms with Crippen molar-refractivity contribution in [2.24, 2.45) is 0 Å². The van der Waals surface area contributed by atoms with E-state index in [9.17, 15) is 4.79 Å². The first-order valence-corrected chi connectivity index (χ1v) is 8.89. The average molecular weight is 364 g/mol. The summed E-state index contributed by atoms with van der Waals surface area (Å²) in [6, 6.07) is 5.51. The van der Waals surface area contributed by atoms with E-state index in [1.807, 2.05) is 45.9 Å². The van der Waals surface area contributed by atoms with Crippen LogP contribution in [0.15, 0.2) is 18.2 Å². The topological polar surface area (TPSA) is 63.2 Å². The molecule has 0 spiro atoms. The van der Waals surface area contributed by atoms with E-state index in [2.05, 4.69) is 0 Å². The van der Waals surface area contributed by atoms with Crippen molar-refractivity contribution in [2.45, 2.75) is 58.1 Å². The van der Waals surface area contributed by atoms with Crippen LogP contribution in [0.5, 0.6) is 11.5 Å². The lowest BCUT2D eigenvalue weighted by Crippen LogP contribution is -2.41. The van der Waals surface area contributed by atoms with Crippen LogP contribution in [-0.2, 0) is 18.8 Å². The lowest BCUT2D eigenvalue weighted by atomic mass is 9.65. The summed E-state index contributed by atoms with van der Waals surface area (Å²) in [5, 5.41) is 0. The second-order valence-corrected chi connectivity index (χ2v) is 7.32. The summed E-state index contributed by atoms with van der Waals surface area (Å²) < 4.78 is 28.7. The Morgan fingerprint density at radius 1 is 1.08 bits per heavy atom. The molecule has 1 atom stereocenters. The smallest absolute Gasteiger partial charge is 0.466 e. The molecule has 1 aliphatic rings. The first-order valence-electron chi connectivity index (χ1n) is 8.89. The molecule has 144 valence electrons. The molecule has 0 aliphatic carbocycles. The molecule has 1 fully saturated rings. The van der Waals surface area contributed by atoms with E-state index in [0.717, 1.165) is 5.56 Å². The van der Waals surface area contributed by atoms with Gasteiger partial charge < -0.3 is 23.5 Å². The average Bonchev–Trinajstić information content (AvgIpc) is 2.79. The van der Waals surface area contributed by atoms with E-state index >= 15 is 0 Å². The second-order valence-electron chi connectivity index (χ2n) is 7.32. The van der Waals surface area contributed by atoms with Gasteiger partial charge in [0.2, 0.25) is 0 Å². The molecule has 0 aromatic heterocycles. The Morgan fingerprint density at radius 3 is 2.00 bits per heavy atom. The molecule has 0 bridgehead atoms. The van der Waals surface area contributed by atoms with Crippen LogP contribution < -0.4 is 9.47 Å². The fourth-order valence-electron chi connectivity index (χ4n) is 3.03. The van der Waals surface area contributed by atoms with Crippen molar-refractivity contribution in [2.75, 3.05) is 20.8 Å². The van der Waals surface area contributed by atoms with E-state index in [1.165, 1.54) is 0 Å². The molecule has 26 heavy (non-hydrogen) atoms. The van der Waals surface area contributed by atoms with E-state index in [4.69, 9.17) is 23.5 Å². The Labute approximate surface area is 156 Å². The second kappa shape index (κ2) is 7.88. The first-order chi connectivity index (χ1) is 12.2. The first kappa shape index (κ1) is 20.6. The van der Waals surface area contributed by atoms with Crippen molar-refractivity contribution in [1.82, 2.24) is 0 Å². The van der Waals surface area contributed by atoms with Crippen molar-refractivity contribution in [3.8, 4) is 11.5 Å². The molecule has 0 radical (unpaired) electrons. The minimum atomic E-state index is -0.630. The predicted octanol–water partition coefficient (Wildman–Crippen LogP) is 3.37. The van der Waals surface area contributed by atoms with Crippen LogP contribution in [0.25, 0.3) is 0 Å². The van der Waals surface area contributed by atoms with Crippen LogP contribution in [0.4, 0.5) is 0 Å². The summed E-state index contributed by atoms with van der Waals surface area (Å²) in [5.74, 6) is 0.489. The lowest BCUT2D eigenvalue weighted by Gasteiger charge is -2.32. The highest BCUT2D eigenvalue weighted by Crippen LogP contribution is 2.45. The van der Waals surface area contributed by atoms with Gasteiger partial charge in [-0.3, -0.25) is 4.79 Å². The molecule has 0 amide bonds. The number of carbonyl (C=O) groups is 1. The standard InChI is InChI=1S/C19H29BO6/c1-8-24-16(21)12-13(20-25-18(2,3)19(4,5)26-20)17-14(22-6)10-9-11-15(17)23-7/h9-11,13H,8,12H2,1-7H3. The van der Waals surface area contributed by atoms with Crippen LogP contribution in [0, 0.1) is 0 Å². The van der Waals surface area contributed by atoms with Crippen LogP contribution >= 0.6 is 0 Å². The highest BCUT2D eigenvalue weighted by atomic mass is 16.7. The maximum absolute atomic E-state index is 12.3. The van der Waals surface area contributed by atoms with Gasteiger partial charge in [-0.2, -0.15) is 0 Å². The van der Waals surface area contributed by atoms with E-state index in [-0.39, 0.29) is 12.4 Å².